The van der Waals surface area contributed by atoms with E-state index < -0.39 is 57.6 Å². The number of anilines is 3. The average molecular weight is 753 g/mol. The number of aromatic carboxylic acids is 1. The third kappa shape index (κ3) is 8.83. The lowest BCUT2D eigenvalue weighted by Gasteiger charge is -2.19. The number of nitrogens with one attached hydrogen (secondary N) is 5. The summed E-state index contributed by atoms with van der Waals surface area (Å²) in [5.74, 6) is -4.75. The summed E-state index contributed by atoms with van der Waals surface area (Å²) in [5, 5.41) is 39.9. The van der Waals surface area contributed by atoms with Gasteiger partial charge >= 0.3 is 29.9 Å². The van der Waals surface area contributed by atoms with E-state index in [4.69, 9.17) is 11.6 Å². The van der Waals surface area contributed by atoms with Crippen LogP contribution >= 0.6 is 11.6 Å². The van der Waals surface area contributed by atoms with Crippen LogP contribution in [0.5, 0.6) is 0 Å². The molecule has 52 heavy (non-hydrogen) atoms. The molecule has 5 amide bonds. The number of aromatic nitrogens is 5. The van der Waals surface area contributed by atoms with Gasteiger partial charge in [-0.05, 0) is 70.6 Å². The maximum Gasteiger partial charge on any atom is 0.416 e. The number of rotatable bonds is 10. The molecule has 0 aliphatic rings. The summed E-state index contributed by atoms with van der Waals surface area (Å²) >= 11 is 6.10. The Bertz CT molecular complexity index is 2350. The van der Waals surface area contributed by atoms with Gasteiger partial charge in [0.15, 0.2) is 0 Å². The molecule has 3 aromatic carbocycles. The fourth-order valence-corrected chi connectivity index (χ4v) is 5.42. The number of carbonyl (C=O) groups excluding carboxylic acids is 4. The number of nitrogens with zero attached hydrogens (tertiary/aromatic N) is 5. The van der Waals surface area contributed by atoms with E-state index in [1.54, 1.807) is 4.72 Å². The van der Waals surface area contributed by atoms with Gasteiger partial charge in [-0.15, -0.1) is 5.10 Å². The number of hydrogen-bond acceptors (Lipinski definition) is 11. The van der Waals surface area contributed by atoms with Crippen LogP contribution in [0.15, 0.2) is 73.1 Å². The van der Waals surface area contributed by atoms with Crippen LogP contribution in [-0.2, 0) is 30.8 Å². The van der Waals surface area contributed by atoms with E-state index in [2.05, 4.69) is 36.8 Å². The SMILES string of the molecule is CS(=O)(=O)NC(=O)Nc1ccc(C[C@H](NC(=O)C(=O)Nc2cc(Cl)ccc2-n2cnnn2)C(=O)Nc2ccc3c(c2)cc(C(=O)O)n3C(=O)O)cc1. The second-order valence-corrected chi connectivity index (χ2v) is 13.0. The standard InChI is InChI=1S/C30H25ClN10O10S/c1-52(50,51)37-29(47)34-18-5-2-15(3-6-18)10-21(25(42)33-19-7-9-22-16(11-19)12-24(28(45)46)41(22)30(48)49)36-27(44)26(43)35-20-13-17(31)4-8-23(20)40-14-32-38-39-40/h2-9,11-14,21H,10H2,1H3,(H,33,42)(H,35,43)(H,36,44)(H,45,46)(H,48,49)(H2,34,37,47)/t21-/m0/s1. The zero-order chi connectivity index (χ0) is 37.7. The molecule has 2 aromatic heterocycles. The Morgan fingerprint density at radius 1 is 0.865 bits per heavy atom. The highest BCUT2D eigenvalue weighted by molar-refractivity contribution is 7.89. The van der Waals surface area contributed by atoms with Gasteiger partial charge in [0, 0.05) is 28.2 Å². The van der Waals surface area contributed by atoms with Crippen molar-refractivity contribution >= 4 is 85.4 Å². The van der Waals surface area contributed by atoms with Gasteiger partial charge in [0.1, 0.15) is 18.1 Å². The van der Waals surface area contributed by atoms with Crippen LogP contribution in [0, 0.1) is 0 Å². The zero-order valence-electron chi connectivity index (χ0n) is 26.4. The Morgan fingerprint density at radius 2 is 1.58 bits per heavy atom. The number of sulfonamides is 1. The van der Waals surface area contributed by atoms with Gasteiger partial charge in [-0.1, -0.05) is 23.7 Å². The number of halogens is 1. The molecular formula is C30H25ClN10O10S. The topological polar surface area (TPSA) is 286 Å². The molecule has 5 rings (SSSR count). The van der Waals surface area contributed by atoms with Crippen molar-refractivity contribution < 1.29 is 47.4 Å². The Hall–Kier alpha value is -6.87. The highest BCUT2D eigenvalue weighted by Crippen LogP contribution is 2.25. The average Bonchev–Trinajstić information content (AvgIpc) is 3.73. The molecule has 0 spiro atoms. The molecule has 5 aromatic rings. The molecule has 0 unspecified atom stereocenters. The number of tetrazole rings is 1. The van der Waals surface area contributed by atoms with Crippen molar-refractivity contribution in [3.05, 3.63) is 89.3 Å². The number of carboxylic acids is 1. The summed E-state index contributed by atoms with van der Waals surface area (Å²) < 4.78 is 26.2. The summed E-state index contributed by atoms with van der Waals surface area (Å²) in [7, 11) is -3.83. The lowest BCUT2D eigenvalue weighted by molar-refractivity contribution is -0.137. The van der Waals surface area contributed by atoms with Crippen molar-refractivity contribution in [2.24, 2.45) is 0 Å². The molecule has 0 fully saturated rings. The molecule has 22 heteroatoms. The summed E-state index contributed by atoms with van der Waals surface area (Å²) in [5.41, 5.74) is 0.542. The number of amides is 5. The van der Waals surface area contributed by atoms with E-state index >= 15 is 0 Å². The second-order valence-electron chi connectivity index (χ2n) is 10.8. The van der Waals surface area contributed by atoms with E-state index in [0.29, 0.717) is 10.1 Å². The van der Waals surface area contributed by atoms with Gasteiger partial charge in [-0.3, -0.25) is 14.4 Å². The molecule has 7 N–H and O–H groups in total. The van der Waals surface area contributed by atoms with E-state index in [9.17, 15) is 47.4 Å². The number of fused-ring (bicyclic) bond motifs is 1. The van der Waals surface area contributed by atoms with Gasteiger partial charge in [-0.25, -0.2) is 32.1 Å². The monoisotopic (exact) mass is 752 g/mol. The van der Waals surface area contributed by atoms with Gasteiger partial charge in [-0.2, -0.15) is 4.68 Å². The molecule has 268 valence electrons. The number of hydrogen-bond donors (Lipinski definition) is 7. The Morgan fingerprint density at radius 3 is 2.21 bits per heavy atom. The zero-order valence-corrected chi connectivity index (χ0v) is 28.0. The number of benzene rings is 3. The molecule has 0 bridgehead atoms. The van der Waals surface area contributed by atoms with E-state index in [-0.39, 0.29) is 45.1 Å². The molecule has 0 aliphatic heterocycles. The summed E-state index contributed by atoms with van der Waals surface area (Å²) in [4.78, 5) is 75.2. The van der Waals surface area contributed by atoms with Crippen molar-refractivity contribution in [2.45, 2.75) is 12.5 Å². The van der Waals surface area contributed by atoms with Crippen molar-refractivity contribution in [1.29, 1.82) is 0 Å². The fraction of sp³-hybridized carbons (Fsp3) is 0.100. The number of carbonyl (C=O) groups is 6. The third-order valence-corrected chi connectivity index (χ3v) is 7.83. The van der Waals surface area contributed by atoms with Gasteiger partial charge in [0.05, 0.1) is 23.1 Å². The molecule has 2 heterocycles. The van der Waals surface area contributed by atoms with Crippen LogP contribution in [0.2, 0.25) is 5.02 Å². The summed E-state index contributed by atoms with van der Waals surface area (Å²) in [6, 6.07) is 12.7. The molecule has 20 nitrogen and oxygen atoms in total. The Balaban J connectivity index is 1.39. The van der Waals surface area contributed by atoms with Crippen LogP contribution in [0.1, 0.15) is 16.1 Å². The lowest BCUT2D eigenvalue weighted by atomic mass is 10.0. The lowest BCUT2D eigenvalue weighted by Crippen LogP contribution is -2.49. The molecule has 0 radical (unpaired) electrons. The maximum absolute atomic E-state index is 13.6. The van der Waals surface area contributed by atoms with Crippen LogP contribution in [0.25, 0.3) is 16.6 Å². The highest BCUT2D eigenvalue weighted by atomic mass is 35.5. The van der Waals surface area contributed by atoms with E-state index in [1.165, 1.54) is 71.7 Å². The first kappa shape index (κ1) is 36.4. The molecule has 0 saturated heterocycles. The first-order chi connectivity index (χ1) is 24.6. The van der Waals surface area contributed by atoms with Crippen molar-refractivity contribution in [3.63, 3.8) is 0 Å². The third-order valence-electron chi connectivity index (χ3n) is 7.04. The smallest absolute Gasteiger partial charge is 0.416 e. The first-order valence-electron chi connectivity index (χ1n) is 14.5. The highest BCUT2D eigenvalue weighted by Gasteiger charge is 2.27. The number of urea groups is 1. The molecule has 0 aliphatic carbocycles. The normalized spacial score (nSPS) is 11.7. The van der Waals surface area contributed by atoms with Crippen molar-refractivity contribution in [1.82, 2.24) is 34.8 Å². The predicted octanol–water partition coefficient (Wildman–Crippen LogP) is 1.88. The largest absolute Gasteiger partial charge is 0.477 e. The maximum atomic E-state index is 13.6. The molecule has 0 saturated carbocycles. The van der Waals surface area contributed by atoms with E-state index in [0.717, 1.165) is 12.3 Å². The van der Waals surface area contributed by atoms with Gasteiger partial charge in [0.2, 0.25) is 15.9 Å². The minimum Gasteiger partial charge on any atom is -0.477 e. The van der Waals surface area contributed by atoms with Gasteiger partial charge < -0.3 is 31.5 Å². The fourth-order valence-electron chi connectivity index (χ4n) is 4.86. The van der Waals surface area contributed by atoms with Crippen molar-refractivity contribution in [3.8, 4) is 5.69 Å². The van der Waals surface area contributed by atoms with Crippen LogP contribution in [0.4, 0.5) is 26.7 Å². The molecular weight excluding hydrogens is 728 g/mol. The minimum absolute atomic E-state index is 0.0328. The second kappa shape index (κ2) is 14.9. The predicted molar refractivity (Wildman–Crippen MR) is 183 cm³/mol. The van der Waals surface area contributed by atoms with Crippen LogP contribution in [-0.4, -0.2) is 91.5 Å². The van der Waals surface area contributed by atoms with Gasteiger partial charge in [0.25, 0.3) is 0 Å². The van der Waals surface area contributed by atoms with Crippen LogP contribution in [0.3, 0.4) is 0 Å². The quantitative estimate of drug-likeness (QED) is 0.100. The minimum atomic E-state index is -3.83. The summed E-state index contributed by atoms with van der Waals surface area (Å²) in [6.07, 6.45) is 0.295. The Kier molecular flexibility index (Phi) is 10.5. The first-order valence-corrected chi connectivity index (χ1v) is 16.8. The van der Waals surface area contributed by atoms with E-state index in [1.807, 2.05) is 0 Å². The molecule has 1 atom stereocenters. The van der Waals surface area contributed by atoms with Crippen LogP contribution < -0.4 is 26.0 Å². The van der Waals surface area contributed by atoms with Crippen molar-refractivity contribution in [2.75, 3.05) is 22.2 Å². The Labute approximate surface area is 296 Å². The summed E-state index contributed by atoms with van der Waals surface area (Å²) in [6.45, 7) is 0. The number of carboxylic acid groups (broad SMARTS) is 2.